The van der Waals surface area contributed by atoms with Crippen LogP contribution in [0.2, 0.25) is 0 Å². The molecule has 49 heavy (non-hydrogen) atoms. The number of halogens is 1. The molecule has 3 aliphatic rings. The molecule has 13 heteroatoms. The third-order valence-corrected chi connectivity index (χ3v) is 10.6. The van der Waals surface area contributed by atoms with E-state index in [0.717, 1.165) is 43.9 Å². The average Bonchev–Trinajstić information content (AvgIpc) is 3.97. The number of rotatable bonds is 8. The Bertz CT molecular complexity index is 2050. The van der Waals surface area contributed by atoms with Crippen LogP contribution < -0.4 is 14.4 Å². The Kier molecular flexibility index (Phi) is 8.16. The zero-order valence-corrected chi connectivity index (χ0v) is 29.2. The molecule has 258 valence electrons. The van der Waals surface area contributed by atoms with E-state index < -0.39 is 21.4 Å². The number of sulfonamides is 1. The monoisotopic (exact) mass is 688 g/mol. The minimum atomic E-state index is -3.76. The molecule has 7 rings (SSSR count). The first-order chi connectivity index (χ1) is 23.2. The molecule has 2 saturated carbocycles. The van der Waals surface area contributed by atoms with Gasteiger partial charge >= 0.3 is 6.09 Å². The topological polar surface area (TPSA) is 127 Å². The molecule has 1 spiro atoms. The fourth-order valence-electron chi connectivity index (χ4n) is 6.82. The molecule has 3 fully saturated rings. The van der Waals surface area contributed by atoms with Gasteiger partial charge in [-0.3, -0.25) is 4.31 Å². The minimum Gasteiger partial charge on any atom is -0.444 e. The minimum absolute atomic E-state index is 0.0235. The summed E-state index contributed by atoms with van der Waals surface area (Å²) in [5, 5.41) is 4.40. The lowest BCUT2D eigenvalue weighted by molar-refractivity contribution is 0.0206. The van der Waals surface area contributed by atoms with Crippen LogP contribution in [0.1, 0.15) is 58.4 Å². The summed E-state index contributed by atoms with van der Waals surface area (Å²) in [6.45, 7) is 8.52. The van der Waals surface area contributed by atoms with Gasteiger partial charge in [-0.25, -0.2) is 32.6 Å². The number of carbonyl (C=O) groups excluding carboxylic acids is 1. The first-order valence-electron chi connectivity index (χ1n) is 16.6. The van der Waals surface area contributed by atoms with Gasteiger partial charge < -0.3 is 19.7 Å². The van der Waals surface area contributed by atoms with Crippen molar-refractivity contribution >= 4 is 38.5 Å². The average molecular weight is 689 g/mol. The van der Waals surface area contributed by atoms with Crippen molar-refractivity contribution in [3.05, 3.63) is 66.2 Å². The molecule has 1 aliphatic heterocycles. The lowest BCUT2D eigenvalue weighted by Gasteiger charge is -2.34. The van der Waals surface area contributed by atoms with E-state index in [2.05, 4.69) is 15.3 Å². The molecule has 1 N–H and O–H groups in total. The van der Waals surface area contributed by atoms with Gasteiger partial charge in [0.1, 0.15) is 17.2 Å². The maximum atomic E-state index is 15.6. The lowest BCUT2D eigenvalue weighted by Crippen LogP contribution is -2.47. The highest BCUT2D eigenvalue weighted by atomic mass is 32.2. The van der Waals surface area contributed by atoms with E-state index in [1.807, 2.05) is 33.8 Å². The van der Waals surface area contributed by atoms with Crippen LogP contribution in [-0.2, 0) is 14.8 Å². The molecule has 2 aromatic carbocycles. The Morgan fingerprint density at radius 1 is 1.08 bits per heavy atom. The van der Waals surface area contributed by atoms with Gasteiger partial charge in [0, 0.05) is 42.3 Å². The highest BCUT2D eigenvalue weighted by Crippen LogP contribution is 2.69. The number of fused-ring (bicyclic) bond motifs is 1. The van der Waals surface area contributed by atoms with Gasteiger partial charge in [-0.05, 0) is 101 Å². The van der Waals surface area contributed by atoms with Crippen molar-refractivity contribution in [3.63, 3.8) is 0 Å². The maximum Gasteiger partial charge on any atom is 0.410 e. The summed E-state index contributed by atoms with van der Waals surface area (Å²) in [5.74, 6) is 0.531. The van der Waals surface area contributed by atoms with E-state index in [9.17, 15) is 13.2 Å². The molecule has 1 unspecified atom stereocenters. The van der Waals surface area contributed by atoms with Crippen LogP contribution in [0.15, 0.2) is 54.9 Å². The Hall–Kier alpha value is -4.52. The van der Waals surface area contributed by atoms with Crippen LogP contribution in [0.3, 0.4) is 0 Å². The molecular weight excluding hydrogens is 647 g/mol. The van der Waals surface area contributed by atoms with E-state index in [1.54, 1.807) is 47.6 Å². The number of amides is 1. The summed E-state index contributed by atoms with van der Waals surface area (Å²) in [6, 6.07) is 11.6. The van der Waals surface area contributed by atoms with E-state index in [4.69, 9.17) is 14.5 Å². The fraction of sp³-hybridized carbons (Fsp3) is 0.444. The maximum absolute atomic E-state index is 15.6. The Balaban J connectivity index is 1.18. The summed E-state index contributed by atoms with van der Waals surface area (Å²) in [6.07, 6.45) is 8.38. The summed E-state index contributed by atoms with van der Waals surface area (Å²) in [7, 11) is -3.76. The Morgan fingerprint density at radius 2 is 1.86 bits per heavy atom. The summed E-state index contributed by atoms with van der Waals surface area (Å²) in [4.78, 5) is 28.2. The first-order valence-corrected chi connectivity index (χ1v) is 18.5. The molecule has 2 aromatic heterocycles. The van der Waals surface area contributed by atoms with Crippen LogP contribution in [0.5, 0.6) is 11.6 Å². The molecule has 4 aromatic rings. The number of hydrogen-bond acceptors (Lipinski definition) is 9. The van der Waals surface area contributed by atoms with Gasteiger partial charge in [0.05, 0.1) is 29.2 Å². The van der Waals surface area contributed by atoms with Crippen LogP contribution in [-0.4, -0.2) is 71.4 Å². The number of pyridine rings is 1. The SMILES string of the molecule is Cc1ccc2c(N([C@@H]3CC34CC4)S(C)(=O)=O)c(F)ccc2c1Oc1ncccc1-c1ccnc(NC2CCCN(C(=O)OC(C)(C)C)C2)n1. The highest BCUT2D eigenvalue weighted by molar-refractivity contribution is 7.92. The third-order valence-electron chi connectivity index (χ3n) is 9.48. The number of benzene rings is 2. The lowest BCUT2D eigenvalue weighted by atomic mass is 10.0. The number of hydrogen-bond donors (Lipinski definition) is 1. The number of nitrogens with zero attached hydrogens (tertiary/aromatic N) is 5. The largest absolute Gasteiger partial charge is 0.444 e. The van der Waals surface area contributed by atoms with Crippen LogP contribution in [0.4, 0.5) is 20.8 Å². The molecule has 0 bridgehead atoms. The van der Waals surface area contributed by atoms with E-state index in [1.165, 1.54) is 10.4 Å². The van der Waals surface area contributed by atoms with Crippen molar-refractivity contribution in [2.24, 2.45) is 5.41 Å². The zero-order chi connectivity index (χ0) is 34.7. The molecule has 3 heterocycles. The van der Waals surface area contributed by atoms with Gasteiger partial charge in [-0.15, -0.1) is 0 Å². The van der Waals surface area contributed by atoms with Gasteiger partial charge in [-0.1, -0.05) is 12.1 Å². The number of aromatic nitrogens is 3. The van der Waals surface area contributed by atoms with Crippen molar-refractivity contribution in [1.29, 1.82) is 0 Å². The Morgan fingerprint density at radius 3 is 2.57 bits per heavy atom. The van der Waals surface area contributed by atoms with Crippen LogP contribution >= 0.6 is 0 Å². The number of ether oxygens (including phenoxy) is 2. The molecular formula is C36H41FN6O5S. The molecule has 11 nitrogen and oxygen atoms in total. The van der Waals surface area contributed by atoms with Crippen molar-refractivity contribution in [2.45, 2.75) is 77.5 Å². The van der Waals surface area contributed by atoms with E-state index in [-0.39, 0.29) is 35.2 Å². The Labute approximate surface area is 285 Å². The van der Waals surface area contributed by atoms with Gasteiger partial charge in [0.2, 0.25) is 21.9 Å². The second kappa shape index (κ2) is 12.1. The molecule has 0 radical (unpaired) electrons. The third kappa shape index (κ3) is 6.72. The van der Waals surface area contributed by atoms with Crippen molar-refractivity contribution in [3.8, 4) is 22.9 Å². The van der Waals surface area contributed by atoms with E-state index in [0.29, 0.717) is 46.8 Å². The van der Waals surface area contributed by atoms with Crippen LogP contribution in [0, 0.1) is 18.2 Å². The molecule has 1 amide bonds. The van der Waals surface area contributed by atoms with Gasteiger partial charge in [0.25, 0.3) is 0 Å². The van der Waals surface area contributed by atoms with Crippen molar-refractivity contribution < 1.29 is 27.1 Å². The van der Waals surface area contributed by atoms with Crippen LogP contribution in [0.25, 0.3) is 22.0 Å². The summed E-state index contributed by atoms with van der Waals surface area (Å²) >= 11 is 0. The number of anilines is 2. The van der Waals surface area contributed by atoms with E-state index >= 15 is 4.39 Å². The summed E-state index contributed by atoms with van der Waals surface area (Å²) < 4.78 is 55.2. The molecule has 1 saturated heterocycles. The normalized spacial score (nSPS) is 19.8. The summed E-state index contributed by atoms with van der Waals surface area (Å²) in [5.41, 5.74) is 1.40. The number of likely N-dealkylation sites (tertiary alicyclic amines) is 1. The second-order valence-corrected chi connectivity index (χ2v) is 16.3. The zero-order valence-electron chi connectivity index (χ0n) is 28.4. The molecule has 2 aliphatic carbocycles. The predicted molar refractivity (Wildman–Crippen MR) is 186 cm³/mol. The quantitative estimate of drug-likeness (QED) is 0.207. The predicted octanol–water partition coefficient (Wildman–Crippen LogP) is 7.06. The first kappa shape index (κ1) is 33.0. The van der Waals surface area contributed by atoms with Gasteiger partial charge in [0.15, 0.2) is 0 Å². The second-order valence-electron chi connectivity index (χ2n) is 14.5. The number of nitrogens with one attached hydrogen (secondary N) is 1. The van der Waals surface area contributed by atoms with Crippen molar-refractivity contribution in [1.82, 2.24) is 19.9 Å². The highest BCUT2D eigenvalue weighted by Gasteiger charge is 2.67. The number of carbonyl (C=O) groups is 1. The standard InChI is InChI=1S/C36H41FN6O5S/c1-22-10-11-24-25(12-13-27(37)30(24)43(49(5,45)46)29-20-36(29)15-16-36)31(22)47-32-26(9-6-17-38-32)28-14-18-39-33(41-28)40-23-8-7-19-42(21-23)34(44)48-35(2,3)4/h6,9-14,17-18,23,29H,7-8,15-16,19-21H2,1-5H3,(H,39,40,41)/t23?,29-/m1/s1. The number of aryl methyl sites for hydroxylation is 1. The number of piperidine rings is 1. The van der Waals surface area contributed by atoms with Gasteiger partial charge in [-0.2, -0.15) is 0 Å². The van der Waals surface area contributed by atoms with Crippen molar-refractivity contribution in [2.75, 3.05) is 29.0 Å². The smallest absolute Gasteiger partial charge is 0.410 e. The fourth-order valence-corrected chi connectivity index (χ4v) is 8.10. The molecule has 2 atom stereocenters.